The molecule has 192 valence electrons. The highest BCUT2D eigenvalue weighted by Crippen LogP contribution is 2.39. The molecule has 1 fully saturated rings. The maximum atomic E-state index is 13.8. The lowest BCUT2D eigenvalue weighted by Crippen LogP contribution is -2.49. The van der Waals surface area contributed by atoms with Crippen molar-refractivity contribution in [1.29, 1.82) is 0 Å². The first-order chi connectivity index (χ1) is 17.2. The van der Waals surface area contributed by atoms with Crippen LogP contribution in [-0.2, 0) is 19.1 Å². The minimum absolute atomic E-state index is 0.0168. The number of hydrogen-bond donors (Lipinski definition) is 1. The van der Waals surface area contributed by atoms with E-state index in [4.69, 9.17) is 23.2 Å². The molecule has 1 heterocycles. The van der Waals surface area contributed by atoms with Crippen LogP contribution >= 0.6 is 35.0 Å². The number of amides is 2. The quantitative estimate of drug-likeness (QED) is 0.271. The molecular formula is C25H24Cl2F2N2O4S. The zero-order chi connectivity index (χ0) is 26.2. The zero-order valence-electron chi connectivity index (χ0n) is 19.3. The Morgan fingerprint density at radius 3 is 2.44 bits per heavy atom. The van der Waals surface area contributed by atoms with Gasteiger partial charge in [0.05, 0.1) is 16.7 Å². The minimum atomic E-state index is -2.37. The first kappa shape index (κ1) is 28.0. The van der Waals surface area contributed by atoms with E-state index in [2.05, 4.69) is 10.1 Å². The second-order valence-electron chi connectivity index (χ2n) is 7.89. The number of hydrogen-bond acceptors (Lipinski definition) is 5. The standard InChI is InChI=1S/C25H24Cl2F2N2O4S/c1-2-35-25(34)23(29)24(33)30-17-11-13-31(14-12-17)20(32)10-4-15-3-9-19(22(27)21(15)26)36-18-7-5-16(28)6-8-18/h3-10,17,23H,2,11-14H2,1H3,(H,30,33)/b10-4+. The fraction of sp³-hybridized carbons (Fsp3) is 0.320. The molecule has 1 aliphatic rings. The molecule has 0 aromatic heterocycles. The van der Waals surface area contributed by atoms with Gasteiger partial charge >= 0.3 is 5.97 Å². The molecule has 2 amide bonds. The summed E-state index contributed by atoms with van der Waals surface area (Å²) >= 11 is 14.2. The highest BCUT2D eigenvalue weighted by molar-refractivity contribution is 7.99. The largest absolute Gasteiger partial charge is 0.463 e. The molecule has 2 aromatic rings. The van der Waals surface area contributed by atoms with Crippen molar-refractivity contribution < 1.29 is 27.9 Å². The highest BCUT2D eigenvalue weighted by atomic mass is 35.5. The van der Waals surface area contributed by atoms with E-state index < -0.39 is 18.0 Å². The Morgan fingerprint density at radius 2 is 1.81 bits per heavy atom. The Labute approximate surface area is 222 Å². The van der Waals surface area contributed by atoms with E-state index in [9.17, 15) is 23.2 Å². The SMILES string of the molecule is CCOC(=O)C(F)C(=O)NC1CCN(C(=O)/C=C/c2ccc(Sc3ccc(F)cc3)c(Cl)c2Cl)CC1. The van der Waals surface area contributed by atoms with Crippen LogP contribution in [0.2, 0.25) is 10.0 Å². The van der Waals surface area contributed by atoms with Gasteiger partial charge in [-0.3, -0.25) is 9.59 Å². The lowest BCUT2D eigenvalue weighted by Gasteiger charge is -2.31. The molecule has 6 nitrogen and oxygen atoms in total. The molecule has 1 N–H and O–H groups in total. The third kappa shape index (κ3) is 7.44. The van der Waals surface area contributed by atoms with E-state index in [1.165, 1.54) is 36.9 Å². The van der Waals surface area contributed by atoms with Crippen LogP contribution in [0.4, 0.5) is 8.78 Å². The van der Waals surface area contributed by atoms with Crippen LogP contribution in [0, 0.1) is 5.82 Å². The Kier molecular flexibility index (Phi) is 10.2. The molecule has 0 radical (unpaired) electrons. The third-order valence-electron chi connectivity index (χ3n) is 5.40. The zero-order valence-corrected chi connectivity index (χ0v) is 21.6. The molecule has 11 heteroatoms. The van der Waals surface area contributed by atoms with Gasteiger partial charge in [0.25, 0.3) is 12.1 Å². The van der Waals surface area contributed by atoms with Gasteiger partial charge in [-0.05, 0) is 61.7 Å². The van der Waals surface area contributed by atoms with E-state index >= 15 is 0 Å². The van der Waals surface area contributed by atoms with Crippen LogP contribution < -0.4 is 5.32 Å². The average molecular weight is 557 g/mol. The Balaban J connectivity index is 1.53. The van der Waals surface area contributed by atoms with Gasteiger partial charge in [0, 0.05) is 35.0 Å². The van der Waals surface area contributed by atoms with Crippen molar-refractivity contribution in [3.05, 3.63) is 63.9 Å². The molecule has 1 aliphatic heterocycles. The molecule has 0 bridgehead atoms. The van der Waals surface area contributed by atoms with Gasteiger partial charge in [-0.15, -0.1) is 0 Å². The highest BCUT2D eigenvalue weighted by Gasteiger charge is 2.30. The van der Waals surface area contributed by atoms with Crippen LogP contribution in [-0.4, -0.2) is 54.6 Å². The predicted molar refractivity (Wildman–Crippen MR) is 135 cm³/mol. The molecule has 2 aromatic carbocycles. The van der Waals surface area contributed by atoms with Gasteiger partial charge in [0.1, 0.15) is 5.82 Å². The van der Waals surface area contributed by atoms with Gasteiger partial charge in [0.2, 0.25) is 5.91 Å². The van der Waals surface area contributed by atoms with E-state index in [-0.39, 0.29) is 29.4 Å². The van der Waals surface area contributed by atoms with Crippen molar-refractivity contribution in [2.45, 2.75) is 41.8 Å². The number of halogens is 4. The molecule has 36 heavy (non-hydrogen) atoms. The number of alkyl halides is 1. The number of nitrogens with one attached hydrogen (secondary N) is 1. The minimum Gasteiger partial charge on any atom is -0.463 e. The van der Waals surface area contributed by atoms with Gasteiger partial charge in [-0.1, -0.05) is 41.0 Å². The Morgan fingerprint density at radius 1 is 1.14 bits per heavy atom. The number of nitrogens with zero attached hydrogens (tertiary/aromatic N) is 1. The lowest BCUT2D eigenvalue weighted by molar-refractivity contribution is -0.153. The van der Waals surface area contributed by atoms with Gasteiger partial charge in [-0.2, -0.15) is 0 Å². The van der Waals surface area contributed by atoms with Crippen LogP contribution in [0.15, 0.2) is 52.3 Å². The van der Waals surface area contributed by atoms with E-state index in [1.54, 1.807) is 35.2 Å². The average Bonchev–Trinajstić information content (AvgIpc) is 2.87. The fourth-order valence-electron chi connectivity index (χ4n) is 3.49. The molecular weight excluding hydrogens is 533 g/mol. The maximum absolute atomic E-state index is 13.8. The monoisotopic (exact) mass is 556 g/mol. The summed E-state index contributed by atoms with van der Waals surface area (Å²) < 4.78 is 31.4. The number of rotatable bonds is 8. The molecule has 0 saturated carbocycles. The number of piperidine rings is 1. The van der Waals surface area contributed by atoms with Crippen molar-refractivity contribution in [3.8, 4) is 0 Å². The second-order valence-corrected chi connectivity index (χ2v) is 9.76. The Bertz CT molecular complexity index is 1140. The molecule has 1 unspecified atom stereocenters. The van der Waals surface area contributed by atoms with Gasteiger partial charge < -0.3 is 15.0 Å². The van der Waals surface area contributed by atoms with Crippen molar-refractivity contribution in [1.82, 2.24) is 10.2 Å². The van der Waals surface area contributed by atoms with Crippen molar-refractivity contribution >= 4 is 58.8 Å². The summed E-state index contributed by atoms with van der Waals surface area (Å²) in [6, 6.07) is 9.16. The molecule has 1 atom stereocenters. The first-order valence-corrected chi connectivity index (χ1v) is 12.8. The van der Waals surface area contributed by atoms with Crippen LogP contribution in [0.25, 0.3) is 6.08 Å². The predicted octanol–water partition coefficient (Wildman–Crippen LogP) is 5.31. The lowest BCUT2D eigenvalue weighted by atomic mass is 10.0. The number of carbonyl (C=O) groups is 3. The van der Waals surface area contributed by atoms with Crippen molar-refractivity contribution in [2.24, 2.45) is 0 Å². The third-order valence-corrected chi connectivity index (χ3v) is 7.48. The molecule has 0 aliphatic carbocycles. The normalized spacial score (nSPS) is 15.1. The number of likely N-dealkylation sites (tertiary alicyclic amines) is 1. The van der Waals surface area contributed by atoms with E-state index in [1.807, 2.05) is 0 Å². The summed E-state index contributed by atoms with van der Waals surface area (Å²) in [7, 11) is 0. The second kappa shape index (κ2) is 13.1. The summed E-state index contributed by atoms with van der Waals surface area (Å²) in [5.41, 5.74) is 0.563. The van der Waals surface area contributed by atoms with Gasteiger partial charge in [-0.25, -0.2) is 13.6 Å². The first-order valence-electron chi connectivity index (χ1n) is 11.2. The summed E-state index contributed by atoms with van der Waals surface area (Å²) in [5.74, 6) is -2.82. The topological polar surface area (TPSA) is 75.7 Å². The molecule has 0 spiro atoms. The molecule has 1 saturated heterocycles. The number of benzene rings is 2. The Hall–Kier alpha value is -2.62. The summed E-state index contributed by atoms with van der Waals surface area (Å²) in [5, 5.41) is 3.10. The molecule has 3 rings (SSSR count). The number of ether oxygens (including phenoxy) is 1. The number of esters is 1. The number of carbonyl (C=O) groups excluding carboxylic acids is 3. The van der Waals surface area contributed by atoms with Gasteiger partial charge in [0.15, 0.2) is 0 Å². The smallest absolute Gasteiger partial charge is 0.350 e. The summed E-state index contributed by atoms with van der Waals surface area (Å²) in [6.07, 6.45) is 1.43. The maximum Gasteiger partial charge on any atom is 0.350 e. The van der Waals surface area contributed by atoms with Crippen LogP contribution in [0.5, 0.6) is 0 Å². The van der Waals surface area contributed by atoms with Crippen molar-refractivity contribution in [3.63, 3.8) is 0 Å². The van der Waals surface area contributed by atoms with Crippen LogP contribution in [0.1, 0.15) is 25.3 Å². The fourth-order valence-corrected chi connectivity index (χ4v) is 4.92. The van der Waals surface area contributed by atoms with E-state index in [0.717, 1.165) is 4.90 Å². The van der Waals surface area contributed by atoms with E-state index in [0.29, 0.717) is 41.4 Å². The van der Waals surface area contributed by atoms with Crippen LogP contribution in [0.3, 0.4) is 0 Å². The summed E-state index contributed by atoms with van der Waals surface area (Å²) in [4.78, 5) is 39.0. The van der Waals surface area contributed by atoms with Crippen molar-refractivity contribution in [2.75, 3.05) is 19.7 Å². The summed E-state index contributed by atoms with van der Waals surface area (Å²) in [6.45, 7) is 2.21.